The lowest BCUT2D eigenvalue weighted by Crippen LogP contribution is -2.36. The van der Waals surface area contributed by atoms with Gasteiger partial charge in [-0.05, 0) is 51.3 Å². The minimum Gasteiger partial charge on any atom is -0.375 e. The predicted molar refractivity (Wildman–Crippen MR) is 110 cm³/mol. The Balaban J connectivity index is 1.78. The molecule has 0 bridgehead atoms. The van der Waals surface area contributed by atoms with Crippen LogP contribution < -0.4 is 5.32 Å². The first-order chi connectivity index (χ1) is 12.8. The van der Waals surface area contributed by atoms with Crippen LogP contribution in [0.5, 0.6) is 0 Å². The van der Waals surface area contributed by atoms with E-state index in [0.29, 0.717) is 17.4 Å². The molecule has 0 radical (unpaired) electrons. The summed E-state index contributed by atoms with van der Waals surface area (Å²) < 4.78 is 7.90. The van der Waals surface area contributed by atoms with Gasteiger partial charge in [-0.25, -0.2) is 4.68 Å². The highest BCUT2D eigenvalue weighted by Gasteiger charge is 2.35. The molecule has 2 aliphatic rings. The van der Waals surface area contributed by atoms with Crippen LogP contribution in [-0.4, -0.2) is 33.6 Å². The Morgan fingerprint density at radius 3 is 2.78 bits per heavy atom. The number of halogens is 1. The van der Waals surface area contributed by atoms with Gasteiger partial charge in [-0.2, -0.15) is 5.10 Å². The topological polar surface area (TPSA) is 56.2 Å². The minimum atomic E-state index is -0.186. The fraction of sp³-hybridized carbons (Fsp3) is 0.500. The number of aryl methyl sites for hydroxylation is 1. The number of benzene rings is 1. The van der Waals surface area contributed by atoms with Crippen LogP contribution in [-0.2, 0) is 9.53 Å². The Bertz CT molecular complexity index is 863. The first kappa shape index (κ1) is 18.8. The Kier molecular flexibility index (Phi) is 4.99. The number of rotatable bonds is 2. The van der Waals surface area contributed by atoms with E-state index in [9.17, 15) is 4.79 Å². The van der Waals surface area contributed by atoms with E-state index in [-0.39, 0.29) is 22.8 Å². The predicted octanol–water partition coefficient (Wildman–Crippen LogP) is 4.75. The van der Waals surface area contributed by atoms with Crippen molar-refractivity contribution in [2.45, 2.75) is 50.5 Å². The lowest BCUT2D eigenvalue weighted by Gasteiger charge is -2.36. The number of aromatic nitrogens is 2. The quantitative estimate of drug-likeness (QED) is 0.783. The average Bonchev–Trinajstić information content (AvgIpc) is 2.81. The summed E-state index contributed by atoms with van der Waals surface area (Å²) in [6.07, 6.45) is 1.76. The van der Waals surface area contributed by atoms with E-state index < -0.39 is 0 Å². The number of hydrogen-bond donors (Lipinski definition) is 1. The van der Waals surface area contributed by atoms with Gasteiger partial charge < -0.3 is 10.1 Å². The van der Waals surface area contributed by atoms with Gasteiger partial charge in [0, 0.05) is 17.2 Å². The molecular formula is C20H24ClN3O2S. The van der Waals surface area contributed by atoms with Gasteiger partial charge >= 0.3 is 0 Å². The Hall–Kier alpha value is -1.50. The lowest BCUT2D eigenvalue weighted by molar-refractivity contribution is -0.113. The largest absolute Gasteiger partial charge is 0.375 e. The Morgan fingerprint density at radius 2 is 2.07 bits per heavy atom. The number of amides is 1. The van der Waals surface area contributed by atoms with E-state index in [2.05, 4.69) is 19.2 Å². The maximum Gasteiger partial charge on any atom is 0.235 e. The number of ether oxygens (including phenoxy) is 1. The monoisotopic (exact) mass is 405 g/mol. The number of hydrogen-bond acceptors (Lipinski definition) is 4. The van der Waals surface area contributed by atoms with Crippen LogP contribution in [0.3, 0.4) is 0 Å². The second kappa shape index (κ2) is 7.15. The standard InChI is InChI=1S/C20H24ClN3O2S/c1-12-17-18(13-4-6-14(21)7-5-13)27-11-16(25)22-19(17)24(23-12)15-8-9-26-20(2,3)10-15/h4-7,15,18H,8-11H2,1-3H3,(H,22,25)/t15-,18-/m0/s1. The molecular weight excluding hydrogens is 382 g/mol. The molecule has 2 aromatic rings. The summed E-state index contributed by atoms with van der Waals surface area (Å²) in [6, 6.07) is 8.09. The molecule has 4 rings (SSSR count). The highest BCUT2D eigenvalue weighted by Crippen LogP contribution is 2.45. The molecule has 144 valence electrons. The zero-order chi connectivity index (χ0) is 19.2. The number of thioether (sulfide) groups is 1. The molecule has 1 saturated heterocycles. The summed E-state index contributed by atoms with van der Waals surface area (Å²) in [5, 5.41) is 8.74. The van der Waals surface area contributed by atoms with Gasteiger partial charge in [-0.15, -0.1) is 11.8 Å². The Morgan fingerprint density at radius 1 is 1.33 bits per heavy atom. The van der Waals surface area contributed by atoms with Crippen LogP contribution in [0.2, 0.25) is 5.02 Å². The Labute approximate surface area is 168 Å². The molecule has 27 heavy (non-hydrogen) atoms. The molecule has 1 N–H and O–H groups in total. The number of carbonyl (C=O) groups excluding carboxylic acids is 1. The van der Waals surface area contributed by atoms with E-state index in [1.807, 2.05) is 35.9 Å². The molecule has 7 heteroatoms. The van der Waals surface area contributed by atoms with Crippen molar-refractivity contribution < 1.29 is 9.53 Å². The van der Waals surface area contributed by atoms with Gasteiger partial charge in [0.2, 0.25) is 5.91 Å². The van der Waals surface area contributed by atoms with Crippen molar-refractivity contribution in [3.05, 3.63) is 46.1 Å². The van der Waals surface area contributed by atoms with Crippen molar-refractivity contribution in [1.82, 2.24) is 9.78 Å². The fourth-order valence-corrected chi connectivity index (χ4v) is 5.30. The number of nitrogens with zero attached hydrogens (tertiary/aromatic N) is 2. The van der Waals surface area contributed by atoms with E-state index in [1.165, 1.54) is 0 Å². The van der Waals surface area contributed by atoms with E-state index in [0.717, 1.165) is 35.5 Å². The van der Waals surface area contributed by atoms with Gasteiger partial charge in [-0.1, -0.05) is 23.7 Å². The van der Waals surface area contributed by atoms with Gasteiger partial charge in [0.15, 0.2) is 0 Å². The lowest BCUT2D eigenvalue weighted by atomic mass is 9.94. The zero-order valence-electron chi connectivity index (χ0n) is 15.8. The van der Waals surface area contributed by atoms with Gasteiger partial charge in [-0.3, -0.25) is 4.79 Å². The van der Waals surface area contributed by atoms with Crippen molar-refractivity contribution in [2.75, 3.05) is 17.7 Å². The van der Waals surface area contributed by atoms with Crippen LogP contribution in [0.15, 0.2) is 24.3 Å². The minimum absolute atomic E-state index is 0.0187. The third kappa shape index (κ3) is 3.75. The highest BCUT2D eigenvalue weighted by molar-refractivity contribution is 8.00. The first-order valence-corrected chi connectivity index (χ1v) is 10.7. The molecule has 0 unspecified atom stereocenters. The van der Waals surface area contributed by atoms with Crippen molar-refractivity contribution in [3.63, 3.8) is 0 Å². The smallest absolute Gasteiger partial charge is 0.235 e. The molecule has 2 atom stereocenters. The summed E-state index contributed by atoms with van der Waals surface area (Å²) in [6.45, 7) is 6.95. The normalized spacial score (nSPS) is 24.8. The number of nitrogens with one attached hydrogen (secondary N) is 1. The third-order valence-corrected chi connectivity index (χ3v) is 6.74. The van der Waals surface area contributed by atoms with E-state index >= 15 is 0 Å². The summed E-state index contributed by atoms with van der Waals surface area (Å²) in [5.74, 6) is 1.27. The van der Waals surface area contributed by atoms with E-state index in [4.69, 9.17) is 21.4 Å². The molecule has 2 aliphatic heterocycles. The molecule has 1 fully saturated rings. The molecule has 0 saturated carbocycles. The van der Waals surface area contributed by atoms with Crippen LogP contribution in [0, 0.1) is 6.92 Å². The highest BCUT2D eigenvalue weighted by atomic mass is 35.5. The molecule has 1 aromatic carbocycles. The number of carbonyl (C=O) groups is 1. The number of anilines is 1. The molecule has 5 nitrogen and oxygen atoms in total. The summed E-state index contributed by atoms with van der Waals surface area (Å²) in [5.41, 5.74) is 3.01. The van der Waals surface area contributed by atoms with Gasteiger partial charge in [0.05, 0.1) is 28.3 Å². The summed E-state index contributed by atoms with van der Waals surface area (Å²) in [4.78, 5) is 12.4. The van der Waals surface area contributed by atoms with Crippen molar-refractivity contribution in [1.29, 1.82) is 0 Å². The van der Waals surface area contributed by atoms with Crippen molar-refractivity contribution in [2.24, 2.45) is 0 Å². The molecule has 0 aliphatic carbocycles. The second-order valence-electron chi connectivity index (χ2n) is 7.84. The zero-order valence-corrected chi connectivity index (χ0v) is 17.4. The van der Waals surface area contributed by atoms with E-state index in [1.54, 1.807) is 11.8 Å². The van der Waals surface area contributed by atoms with Crippen molar-refractivity contribution in [3.8, 4) is 0 Å². The maximum atomic E-state index is 12.4. The second-order valence-corrected chi connectivity index (χ2v) is 9.37. The van der Waals surface area contributed by atoms with Gasteiger partial charge in [0.25, 0.3) is 0 Å². The fourth-order valence-electron chi connectivity index (χ4n) is 3.98. The molecule has 0 spiro atoms. The van der Waals surface area contributed by atoms with Crippen LogP contribution in [0.4, 0.5) is 5.82 Å². The molecule has 1 aromatic heterocycles. The molecule has 3 heterocycles. The van der Waals surface area contributed by atoms with Crippen LogP contribution in [0.1, 0.15) is 54.8 Å². The van der Waals surface area contributed by atoms with Gasteiger partial charge in [0.1, 0.15) is 5.82 Å². The molecule has 1 amide bonds. The van der Waals surface area contributed by atoms with Crippen LogP contribution >= 0.6 is 23.4 Å². The third-order valence-electron chi connectivity index (χ3n) is 5.22. The van der Waals surface area contributed by atoms with Crippen molar-refractivity contribution >= 4 is 35.1 Å². The summed E-state index contributed by atoms with van der Waals surface area (Å²) in [7, 11) is 0. The SMILES string of the molecule is Cc1nn([C@H]2CCOC(C)(C)C2)c2c1[C@H](c1ccc(Cl)cc1)SCC(=O)N2. The van der Waals surface area contributed by atoms with Crippen LogP contribution in [0.25, 0.3) is 0 Å². The number of fused-ring (bicyclic) bond motifs is 1. The average molecular weight is 406 g/mol. The maximum absolute atomic E-state index is 12.4. The summed E-state index contributed by atoms with van der Waals surface area (Å²) >= 11 is 7.70. The first-order valence-electron chi connectivity index (χ1n) is 9.24.